The van der Waals surface area contributed by atoms with E-state index >= 15 is 8.78 Å². The maximum Gasteiger partial charge on any atom is 0.250 e. The smallest absolute Gasteiger partial charge is 0.207 e. The number of benzene rings is 1. The van der Waals surface area contributed by atoms with Crippen LogP contribution in [-0.4, -0.2) is 5.92 Å². The van der Waals surface area contributed by atoms with Crippen molar-refractivity contribution in [3.8, 4) is 0 Å². The van der Waals surface area contributed by atoms with Crippen molar-refractivity contribution in [2.45, 2.75) is 151 Å². The van der Waals surface area contributed by atoms with Gasteiger partial charge >= 0.3 is 0 Å². The van der Waals surface area contributed by atoms with Crippen LogP contribution in [0, 0.1) is 44.8 Å². The van der Waals surface area contributed by atoms with Gasteiger partial charge in [-0.25, -0.2) is 8.78 Å². The number of hydrogen-bond donors (Lipinski definition) is 0. The van der Waals surface area contributed by atoms with E-state index in [1.807, 2.05) is 19.4 Å². The highest BCUT2D eigenvalue weighted by molar-refractivity contribution is 5.42. The summed E-state index contributed by atoms with van der Waals surface area (Å²) < 4.78 is 30.8. The molecule has 4 fully saturated rings. The molecular weight excluding hydrogens is 506 g/mol. The van der Waals surface area contributed by atoms with E-state index in [-0.39, 0.29) is 5.41 Å². The Labute approximate surface area is 250 Å². The van der Waals surface area contributed by atoms with E-state index in [0.29, 0.717) is 28.6 Å². The first-order chi connectivity index (χ1) is 19.1. The van der Waals surface area contributed by atoms with Gasteiger partial charge in [0.2, 0.25) is 0 Å². The van der Waals surface area contributed by atoms with Crippen LogP contribution in [-0.2, 0) is 6.42 Å². The zero-order valence-electron chi connectivity index (χ0n) is 27.6. The fourth-order valence-electron chi connectivity index (χ4n) is 11.4. The number of allylic oxidation sites excluding steroid dienone is 2. The summed E-state index contributed by atoms with van der Waals surface area (Å²) in [6, 6.07) is 9.48. The van der Waals surface area contributed by atoms with Gasteiger partial charge in [-0.15, -0.1) is 0 Å². The third-order valence-corrected chi connectivity index (χ3v) is 15.1. The van der Waals surface area contributed by atoms with Crippen molar-refractivity contribution < 1.29 is 8.78 Å². The van der Waals surface area contributed by atoms with Crippen molar-refractivity contribution in [1.82, 2.24) is 0 Å². The molecule has 0 aromatic heterocycles. The maximum absolute atomic E-state index is 15.4. The molecule has 5 aliphatic carbocycles. The molecule has 5 unspecified atom stereocenters. The molecule has 1 aromatic rings. The molecule has 0 aliphatic heterocycles. The van der Waals surface area contributed by atoms with Crippen molar-refractivity contribution in [2.24, 2.45) is 44.8 Å². The van der Waals surface area contributed by atoms with Crippen LogP contribution in [0.25, 0.3) is 0 Å². The van der Waals surface area contributed by atoms with Gasteiger partial charge in [0.15, 0.2) is 0 Å². The highest BCUT2D eigenvalue weighted by Gasteiger charge is 2.69. The number of halogens is 2. The Morgan fingerprint density at radius 2 is 1.46 bits per heavy atom. The van der Waals surface area contributed by atoms with Gasteiger partial charge in [-0.3, -0.25) is 0 Å². The molecule has 1 aromatic carbocycles. The molecule has 0 amide bonds. The monoisotopic (exact) mass is 564 g/mol. The number of alkyl halides is 2. The highest BCUT2D eigenvalue weighted by atomic mass is 19.3. The topological polar surface area (TPSA) is 0 Å². The van der Waals surface area contributed by atoms with Gasteiger partial charge in [0, 0.05) is 11.3 Å². The summed E-state index contributed by atoms with van der Waals surface area (Å²) in [5, 5.41) is 0. The third-order valence-electron chi connectivity index (χ3n) is 15.1. The van der Waals surface area contributed by atoms with Crippen molar-refractivity contribution >= 4 is 0 Å². The molecular formula is C39H58F2. The highest BCUT2D eigenvalue weighted by Crippen LogP contribution is 2.75. The maximum atomic E-state index is 15.4. The summed E-state index contributed by atoms with van der Waals surface area (Å²) in [5.74, 6) is -0.487. The predicted octanol–water partition coefficient (Wildman–Crippen LogP) is 11.9. The van der Waals surface area contributed by atoms with Crippen molar-refractivity contribution in [2.75, 3.05) is 0 Å². The zero-order chi connectivity index (χ0) is 29.6. The van der Waals surface area contributed by atoms with Crippen LogP contribution in [0.4, 0.5) is 8.78 Å². The summed E-state index contributed by atoms with van der Waals surface area (Å²) in [6.45, 7) is 16.8. The average molecular weight is 565 g/mol. The summed E-state index contributed by atoms with van der Waals surface area (Å²) in [6.07, 6.45) is 16.4. The molecule has 0 radical (unpaired) electrons. The zero-order valence-corrected chi connectivity index (χ0v) is 27.6. The number of aryl methyl sites for hydroxylation is 1. The molecule has 4 saturated carbocycles. The Hall–Kier alpha value is -1.18. The van der Waals surface area contributed by atoms with Gasteiger partial charge < -0.3 is 0 Å². The van der Waals surface area contributed by atoms with E-state index in [1.165, 1.54) is 75.8 Å². The van der Waals surface area contributed by atoms with E-state index in [1.54, 1.807) is 5.57 Å². The average Bonchev–Trinajstić information content (AvgIpc) is 3.21. The Balaban J connectivity index is 1.42. The normalized spacial score (nSPS) is 38.4. The first-order valence-corrected chi connectivity index (χ1v) is 17.3. The first-order valence-electron chi connectivity index (χ1n) is 17.3. The number of fused-ring (bicyclic) bond motifs is 4. The minimum atomic E-state index is -2.71. The molecule has 5 aliphatic rings. The second kappa shape index (κ2) is 9.66. The van der Waals surface area contributed by atoms with E-state index in [2.05, 4.69) is 58.9 Å². The Morgan fingerprint density at radius 1 is 0.805 bits per heavy atom. The van der Waals surface area contributed by atoms with Crippen LogP contribution in [0.5, 0.6) is 0 Å². The molecule has 0 saturated heterocycles. The summed E-state index contributed by atoms with van der Waals surface area (Å²) in [5.41, 5.74) is 6.01. The Kier molecular flexibility index (Phi) is 7.04. The molecule has 0 heterocycles. The standard InChI is InChI=1S/C39H58F2/c1-9-26-10-12-27(13-11-26)31-25-36(6)32(17-18-37(36,7)35(4,5)38(8,40)41)30-15-14-28-24-39(19-16-29(28)33(30)31)22-20-34(2,3)21-23-39/h10-13,28,30-32H,9,14-25H2,1-8H3/t28?,30?,31?,32?,36?,37-/m0/s1. The van der Waals surface area contributed by atoms with E-state index in [4.69, 9.17) is 0 Å². The van der Waals surface area contributed by atoms with Gasteiger partial charge in [0.25, 0.3) is 5.92 Å². The van der Waals surface area contributed by atoms with Gasteiger partial charge in [-0.05, 0) is 141 Å². The lowest BCUT2D eigenvalue weighted by atomic mass is 9.43. The third kappa shape index (κ3) is 4.44. The number of rotatable bonds is 4. The van der Waals surface area contributed by atoms with Crippen molar-refractivity contribution in [3.63, 3.8) is 0 Å². The van der Waals surface area contributed by atoms with Gasteiger partial charge in [0.1, 0.15) is 0 Å². The lowest BCUT2D eigenvalue weighted by Crippen LogP contribution is -2.57. The molecule has 6 atom stereocenters. The van der Waals surface area contributed by atoms with Crippen LogP contribution in [0.15, 0.2) is 35.4 Å². The van der Waals surface area contributed by atoms with Crippen molar-refractivity contribution in [3.05, 3.63) is 46.5 Å². The van der Waals surface area contributed by atoms with Crippen LogP contribution in [0.2, 0.25) is 0 Å². The van der Waals surface area contributed by atoms with Crippen LogP contribution in [0.1, 0.15) is 149 Å². The molecule has 0 bridgehead atoms. The van der Waals surface area contributed by atoms with E-state index in [9.17, 15) is 0 Å². The molecule has 2 heteroatoms. The summed E-state index contributed by atoms with van der Waals surface area (Å²) in [4.78, 5) is 0. The molecule has 0 N–H and O–H groups in total. The fourth-order valence-corrected chi connectivity index (χ4v) is 11.4. The summed E-state index contributed by atoms with van der Waals surface area (Å²) in [7, 11) is 0. The molecule has 1 spiro atoms. The van der Waals surface area contributed by atoms with Crippen LogP contribution >= 0.6 is 0 Å². The molecule has 6 rings (SSSR count). The van der Waals surface area contributed by atoms with Crippen molar-refractivity contribution in [1.29, 1.82) is 0 Å². The lowest BCUT2D eigenvalue weighted by Gasteiger charge is -2.61. The van der Waals surface area contributed by atoms with Crippen LogP contribution in [0.3, 0.4) is 0 Å². The lowest BCUT2D eigenvalue weighted by molar-refractivity contribution is -0.192. The Morgan fingerprint density at radius 3 is 2.07 bits per heavy atom. The quantitative estimate of drug-likeness (QED) is 0.319. The molecule has 228 valence electrons. The Bertz CT molecular complexity index is 1170. The van der Waals surface area contributed by atoms with Gasteiger partial charge in [-0.1, -0.05) is 83.9 Å². The number of hydrogen-bond acceptors (Lipinski definition) is 0. The fraction of sp³-hybridized carbons (Fsp3) is 0.795. The van der Waals surface area contributed by atoms with Gasteiger partial charge in [0.05, 0.1) is 0 Å². The van der Waals surface area contributed by atoms with E-state index < -0.39 is 16.8 Å². The molecule has 0 nitrogen and oxygen atoms in total. The minimum absolute atomic E-state index is 0.101. The SMILES string of the molecule is CCc1ccc(C2CC3(C)C(CC[C@@]3(C)C(C)(C)C(C)(F)F)C3CCC4CC5(CCC4=C23)CCC(C)(C)CC5)cc1. The first kappa shape index (κ1) is 29.9. The minimum Gasteiger partial charge on any atom is -0.207 e. The largest absolute Gasteiger partial charge is 0.250 e. The van der Waals surface area contributed by atoms with Gasteiger partial charge in [-0.2, -0.15) is 0 Å². The second-order valence-corrected chi connectivity index (χ2v) is 17.5. The second-order valence-electron chi connectivity index (χ2n) is 17.5. The van der Waals surface area contributed by atoms with Crippen LogP contribution < -0.4 is 0 Å². The predicted molar refractivity (Wildman–Crippen MR) is 168 cm³/mol. The van der Waals surface area contributed by atoms with E-state index in [0.717, 1.165) is 31.6 Å². The molecule has 41 heavy (non-hydrogen) atoms. The summed E-state index contributed by atoms with van der Waals surface area (Å²) >= 11 is 0.